The minimum atomic E-state index is 0.552. The molecule has 14 heavy (non-hydrogen) atoms. The highest BCUT2D eigenvalue weighted by atomic mass is 35.5. The molecule has 2 atom stereocenters. The number of para-hydroxylation sites is 1. The van der Waals surface area contributed by atoms with Crippen LogP contribution in [0.15, 0.2) is 24.3 Å². The quantitative estimate of drug-likeness (QED) is 0.688. The molecule has 3 rings (SSSR count). The number of anilines is 1. The molecule has 3 heteroatoms. The summed E-state index contributed by atoms with van der Waals surface area (Å²) < 4.78 is 0. The SMILES string of the molecule is Clc1ccccc1N1CC2CC1C[N]2. The van der Waals surface area contributed by atoms with Crippen LogP contribution in [-0.4, -0.2) is 25.2 Å². The fourth-order valence-corrected chi connectivity index (χ4v) is 2.69. The van der Waals surface area contributed by atoms with Crippen LogP contribution in [0.4, 0.5) is 5.69 Å². The van der Waals surface area contributed by atoms with Gasteiger partial charge in [0, 0.05) is 25.2 Å². The number of rotatable bonds is 1. The van der Waals surface area contributed by atoms with Crippen LogP contribution < -0.4 is 10.2 Å². The molecule has 2 bridgehead atoms. The Balaban J connectivity index is 1.93. The first-order valence-electron chi connectivity index (χ1n) is 5.02. The molecule has 0 amide bonds. The Bertz CT molecular complexity index is 353. The second kappa shape index (κ2) is 3.14. The maximum absolute atomic E-state index is 6.17. The van der Waals surface area contributed by atoms with Gasteiger partial charge in [-0.2, -0.15) is 0 Å². The van der Waals surface area contributed by atoms with Gasteiger partial charge in [-0.1, -0.05) is 23.7 Å². The molecule has 2 unspecified atom stereocenters. The summed E-state index contributed by atoms with van der Waals surface area (Å²) in [7, 11) is 0. The van der Waals surface area contributed by atoms with Crippen molar-refractivity contribution in [2.24, 2.45) is 0 Å². The summed E-state index contributed by atoms with van der Waals surface area (Å²) in [5.74, 6) is 0. The zero-order valence-electron chi connectivity index (χ0n) is 7.86. The van der Waals surface area contributed by atoms with E-state index in [0.717, 1.165) is 18.1 Å². The predicted molar refractivity (Wildman–Crippen MR) is 58.0 cm³/mol. The van der Waals surface area contributed by atoms with Crippen molar-refractivity contribution < 1.29 is 0 Å². The lowest BCUT2D eigenvalue weighted by Crippen LogP contribution is -2.40. The van der Waals surface area contributed by atoms with Crippen molar-refractivity contribution in [2.45, 2.75) is 18.5 Å². The van der Waals surface area contributed by atoms with Gasteiger partial charge >= 0.3 is 0 Å². The largest absolute Gasteiger partial charge is 0.364 e. The average molecular weight is 208 g/mol. The Morgan fingerprint density at radius 2 is 2.21 bits per heavy atom. The summed E-state index contributed by atoms with van der Waals surface area (Å²) in [6.45, 7) is 2.03. The molecule has 1 aromatic rings. The van der Waals surface area contributed by atoms with Crippen molar-refractivity contribution in [1.82, 2.24) is 5.32 Å². The molecule has 0 N–H and O–H groups in total. The van der Waals surface area contributed by atoms with Gasteiger partial charge in [0.15, 0.2) is 0 Å². The summed E-state index contributed by atoms with van der Waals surface area (Å²) in [6, 6.07) is 9.23. The molecule has 0 aromatic heterocycles. The molecular formula is C11H12ClN2. The number of nitrogens with zero attached hydrogens (tertiary/aromatic N) is 2. The second-order valence-corrected chi connectivity index (χ2v) is 4.42. The summed E-state index contributed by atoms with van der Waals surface area (Å²) >= 11 is 6.17. The lowest BCUT2D eigenvalue weighted by molar-refractivity contribution is 0.569. The van der Waals surface area contributed by atoms with Crippen LogP contribution in [0.1, 0.15) is 6.42 Å². The van der Waals surface area contributed by atoms with Gasteiger partial charge in [0.05, 0.1) is 10.7 Å². The number of hydrogen-bond acceptors (Lipinski definition) is 1. The van der Waals surface area contributed by atoms with Crippen LogP contribution >= 0.6 is 11.6 Å². The Labute approximate surface area is 88.9 Å². The van der Waals surface area contributed by atoms with Crippen molar-refractivity contribution in [3.05, 3.63) is 29.3 Å². The van der Waals surface area contributed by atoms with Crippen molar-refractivity contribution >= 4 is 17.3 Å². The van der Waals surface area contributed by atoms with Gasteiger partial charge in [-0.25, -0.2) is 5.32 Å². The molecule has 73 valence electrons. The third-order valence-electron chi connectivity index (χ3n) is 3.13. The van der Waals surface area contributed by atoms with Gasteiger partial charge in [0.25, 0.3) is 0 Å². The van der Waals surface area contributed by atoms with Crippen LogP contribution in [0.3, 0.4) is 0 Å². The highest BCUT2D eigenvalue weighted by Crippen LogP contribution is 2.34. The van der Waals surface area contributed by atoms with Crippen LogP contribution in [-0.2, 0) is 0 Å². The Kier molecular flexibility index (Phi) is 1.92. The molecule has 0 aliphatic carbocycles. The smallest absolute Gasteiger partial charge is 0.0639 e. The zero-order valence-corrected chi connectivity index (χ0v) is 8.61. The average Bonchev–Trinajstić information content (AvgIpc) is 2.79. The van der Waals surface area contributed by atoms with Crippen molar-refractivity contribution in [3.63, 3.8) is 0 Å². The topological polar surface area (TPSA) is 17.3 Å². The van der Waals surface area contributed by atoms with E-state index in [1.807, 2.05) is 18.2 Å². The van der Waals surface area contributed by atoms with E-state index in [2.05, 4.69) is 16.3 Å². The lowest BCUT2D eigenvalue weighted by Gasteiger charge is -2.29. The van der Waals surface area contributed by atoms with Gasteiger partial charge in [-0.3, -0.25) is 0 Å². The van der Waals surface area contributed by atoms with E-state index in [1.54, 1.807) is 0 Å². The van der Waals surface area contributed by atoms with Crippen molar-refractivity contribution in [3.8, 4) is 0 Å². The van der Waals surface area contributed by atoms with E-state index in [9.17, 15) is 0 Å². The van der Waals surface area contributed by atoms with E-state index >= 15 is 0 Å². The van der Waals surface area contributed by atoms with Gasteiger partial charge in [0.2, 0.25) is 0 Å². The van der Waals surface area contributed by atoms with Gasteiger partial charge in [0.1, 0.15) is 0 Å². The van der Waals surface area contributed by atoms with E-state index in [1.165, 1.54) is 12.1 Å². The molecular weight excluding hydrogens is 196 g/mol. The first kappa shape index (κ1) is 8.57. The molecule has 2 fully saturated rings. The Morgan fingerprint density at radius 3 is 2.86 bits per heavy atom. The van der Waals surface area contributed by atoms with Crippen LogP contribution in [0, 0.1) is 0 Å². The molecule has 1 radical (unpaired) electrons. The van der Waals surface area contributed by atoms with Crippen LogP contribution in [0.2, 0.25) is 5.02 Å². The third-order valence-corrected chi connectivity index (χ3v) is 3.45. The Morgan fingerprint density at radius 1 is 1.36 bits per heavy atom. The standard InChI is InChI=1S/C11H12ClN2/c12-10-3-1-2-4-11(10)14-7-8-5-9(14)6-13-8/h1-4,8-9H,5-7H2. The van der Waals surface area contributed by atoms with Crippen molar-refractivity contribution in [2.75, 3.05) is 18.0 Å². The normalized spacial score (nSPS) is 29.9. The number of hydrogen-bond donors (Lipinski definition) is 0. The molecule has 0 spiro atoms. The summed E-state index contributed by atoms with van der Waals surface area (Å²) in [6.07, 6.45) is 1.21. The lowest BCUT2D eigenvalue weighted by atomic mass is 10.2. The fourth-order valence-electron chi connectivity index (χ4n) is 2.45. The molecule has 2 saturated heterocycles. The summed E-state index contributed by atoms with van der Waals surface area (Å²) in [4.78, 5) is 2.40. The van der Waals surface area contributed by atoms with Gasteiger partial charge in [-0.05, 0) is 18.6 Å². The highest BCUT2D eigenvalue weighted by Gasteiger charge is 2.39. The molecule has 1 aromatic carbocycles. The number of halogens is 1. The summed E-state index contributed by atoms with van der Waals surface area (Å²) in [5.41, 5.74) is 1.18. The molecule has 2 aliphatic heterocycles. The summed E-state index contributed by atoms with van der Waals surface area (Å²) in [5, 5.41) is 5.39. The van der Waals surface area contributed by atoms with E-state index in [-0.39, 0.29) is 0 Å². The first-order valence-corrected chi connectivity index (χ1v) is 5.40. The van der Waals surface area contributed by atoms with Gasteiger partial charge in [-0.15, -0.1) is 0 Å². The van der Waals surface area contributed by atoms with E-state index in [4.69, 9.17) is 11.6 Å². The monoisotopic (exact) mass is 207 g/mol. The predicted octanol–water partition coefficient (Wildman–Crippen LogP) is 1.91. The molecule has 2 heterocycles. The maximum atomic E-state index is 6.17. The maximum Gasteiger partial charge on any atom is 0.0639 e. The molecule has 2 nitrogen and oxygen atoms in total. The first-order chi connectivity index (χ1) is 6.84. The number of benzene rings is 1. The second-order valence-electron chi connectivity index (χ2n) is 4.01. The fraction of sp³-hybridized carbons (Fsp3) is 0.455. The Hall–Kier alpha value is -0.730. The van der Waals surface area contributed by atoms with Crippen molar-refractivity contribution in [1.29, 1.82) is 0 Å². The number of piperazine rings is 1. The molecule has 0 saturated carbocycles. The number of fused-ring (bicyclic) bond motifs is 2. The minimum absolute atomic E-state index is 0.552. The minimum Gasteiger partial charge on any atom is -0.364 e. The van der Waals surface area contributed by atoms with Crippen LogP contribution in [0.25, 0.3) is 0 Å². The third kappa shape index (κ3) is 1.22. The van der Waals surface area contributed by atoms with E-state index < -0.39 is 0 Å². The van der Waals surface area contributed by atoms with Gasteiger partial charge < -0.3 is 4.90 Å². The highest BCUT2D eigenvalue weighted by molar-refractivity contribution is 6.33. The zero-order chi connectivity index (χ0) is 9.54. The van der Waals surface area contributed by atoms with E-state index in [0.29, 0.717) is 12.1 Å². The molecule has 2 aliphatic rings. The van der Waals surface area contributed by atoms with Crippen LogP contribution in [0.5, 0.6) is 0 Å².